The number of likely N-dealkylation sites (tertiary alicyclic amines) is 1. The highest BCUT2D eigenvalue weighted by atomic mass is 16.2. The summed E-state index contributed by atoms with van der Waals surface area (Å²) in [5.74, 6) is 0.142. The van der Waals surface area contributed by atoms with Gasteiger partial charge in [-0.2, -0.15) is 0 Å². The maximum absolute atomic E-state index is 13.0. The summed E-state index contributed by atoms with van der Waals surface area (Å²) in [5, 5.41) is 5.77. The van der Waals surface area contributed by atoms with Gasteiger partial charge in [0.05, 0.1) is 0 Å². The Balaban J connectivity index is 1.95. The first-order valence-electron chi connectivity index (χ1n) is 9.68. The molecule has 27 heavy (non-hydrogen) atoms. The second-order valence-corrected chi connectivity index (χ2v) is 7.77. The molecule has 6 nitrogen and oxygen atoms in total. The number of benzene rings is 1. The van der Waals surface area contributed by atoms with Gasteiger partial charge in [0.25, 0.3) is 5.91 Å². The van der Waals surface area contributed by atoms with E-state index in [-0.39, 0.29) is 23.6 Å². The molecular weight excluding hydrogens is 342 g/mol. The van der Waals surface area contributed by atoms with Gasteiger partial charge in [-0.3, -0.25) is 14.4 Å². The van der Waals surface area contributed by atoms with E-state index in [0.29, 0.717) is 31.1 Å². The first-order valence-corrected chi connectivity index (χ1v) is 9.68. The lowest BCUT2D eigenvalue weighted by Crippen LogP contribution is -2.53. The Labute approximate surface area is 161 Å². The van der Waals surface area contributed by atoms with Crippen molar-refractivity contribution < 1.29 is 14.4 Å². The molecule has 0 saturated carbocycles. The predicted molar refractivity (Wildman–Crippen MR) is 105 cm³/mol. The zero-order valence-electron chi connectivity index (χ0n) is 16.7. The van der Waals surface area contributed by atoms with E-state index in [1.807, 2.05) is 43.9 Å². The Bertz CT molecular complexity index is 679. The van der Waals surface area contributed by atoms with Gasteiger partial charge in [0.2, 0.25) is 11.8 Å². The van der Waals surface area contributed by atoms with Crippen molar-refractivity contribution in [1.29, 1.82) is 0 Å². The van der Waals surface area contributed by atoms with Gasteiger partial charge in [-0.25, -0.2) is 0 Å². The van der Waals surface area contributed by atoms with Gasteiger partial charge in [-0.05, 0) is 43.7 Å². The molecule has 0 aromatic heterocycles. The van der Waals surface area contributed by atoms with Crippen LogP contribution >= 0.6 is 0 Å². The number of hydrogen-bond donors (Lipinski definition) is 2. The lowest BCUT2D eigenvalue weighted by molar-refractivity contribution is -0.135. The number of carbonyl (C=O) groups excluding carboxylic acids is 3. The number of nitrogens with zero attached hydrogens (tertiary/aromatic N) is 1. The summed E-state index contributed by atoms with van der Waals surface area (Å²) in [6, 6.07) is 6.83. The monoisotopic (exact) mass is 373 g/mol. The molecule has 1 fully saturated rings. The minimum absolute atomic E-state index is 0.00311. The van der Waals surface area contributed by atoms with E-state index in [2.05, 4.69) is 10.6 Å². The van der Waals surface area contributed by atoms with Crippen molar-refractivity contribution in [3.63, 3.8) is 0 Å². The van der Waals surface area contributed by atoms with Crippen molar-refractivity contribution >= 4 is 17.7 Å². The van der Waals surface area contributed by atoms with Crippen LogP contribution in [0.2, 0.25) is 0 Å². The summed E-state index contributed by atoms with van der Waals surface area (Å²) < 4.78 is 0. The number of nitrogens with one attached hydrogen (secondary N) is 2. The van der Waals surface area contributed by atoms with Crippen LogP contribution in [0.5, 0.6) is 0 Å². The van der Waals surface area contributed by atoms with Gasteiger partial charge in [0, 0.05) is 32.1 Å². The molecule has 6 heteroatoms. The second-order valence-electron chi connectivity index (χ2n) is 7.77. The van der Waals surface area contributed by atoms with E-state index < -0.39 is 6.04 Å². The molecule has 2 N–H and O–H groups in total. The van der Waals surface area contributed by atoms with Crippen LogP contribution in [0.15, 0.2) is 24.3 Å². The van der Waals surface area contributed by atoms with Gasteiger partial charge in [0.15, 0.2) is 0 Å². The molecule has 1 aliphatic rings. The van der Waals surface area contributed by atoms with Gasteiger partial charge < -0.3 is 15.5 Å². The first kappa shape index (κ1) is 20.9. The van der Waals surface area contributed by atoms with Crippen molar-refractivity contribution in [2.45, 2.75) is 46.6 Å². The molecule has 1 aromatic rings. The molecule has 0 radical (unpaired) electrons. The Morgan fingerprint density at radius 1 is 1.19 bits per heavy atom. The fourth-order valence-electron chi connectivity index (χ4n) is 3.37. The predicted octanol–water partition coefficient (Wildman–Crippen LogP) is 2.12. The van der Waals surface area contributed by atoms with E-state index in [4.69, 9.17) is 0 Å². The van der Waals surface area contributed by atoms with Gasteiger partial charge >= 0.3 is 0 Å². The summed E-state index contributed by atoms with van der Waals surface area (Å²) in [6.45, 7) is 9.33. The summed E-state index contributed by atoms with van der Waals surface area (Å²) in [4.78, 5) is 38.5. The van der Waals surface area contributed by atoms with Crippen LogP contribution in [-0.4, -0.2) is 48.3 Å². The molecule has 1 heterocycles. The molecular formula is C21H31N3O3. The SMILES string of the molecule is CC(=O)NCC1CCN(C(=O)[C@H](NC(=O)c2cccc(C)c2)C(C)C)CC1. The highest BCUT2D eigenvalue weighted by Crippen LogP contribution is 2.19. The summed E-state index contributed by atoms with van der Waals surface area (Å²) >= 11 is 0. The van der Waals surface area contributed by atoms with E-state index in [0.717, 1.165) is 18.4 Å². The molecule has 1 aliphatic heterocycles. The normalized spacial score (nSPS) is 16.1. The molecule has 0 spiro atoms. The number of amides is 3. The van der Waals surface area contributed by atoms with Crippen molar-refractivity contribution in [1.82, 2.24) is 15.5 Å². The Hall–Kier alpha value is -2.37. The van der Waals surface area contributed by atoms with E-state index >= 15 is 0 Å². The second kappa shape index (κ2) is 9.53. The van der Waals surface area contributed by atoms with Crippen molar-refractivity contribution in [2.75, 3.05) is 19.6 Å². The number of carbonyl (C=O) groups is 3. The average molecular weight is 373 g/mol. The van der Waals surface area contributed by atoms with Crippen molar-refractivity contribution in [2.24, 2.45) is 11.8 Å². The first-order chi connectivity index (χ1) is 12.8. The van der Waals surface area contributed by atoms with Crippen molar-refractivity contribution in [3.05, 3.63) is 35.4 Å². The van der Waals surface area contributed by atoms with Gasteiger partial charge in [-0.15, -0.1) is 0 Å². The largest absolute Gasteiger partial charge is 0.356 e. The molecule has 1 atom stereocenters. The third kappa shape index (κ3) is 6.08. The van der Waals surface area contributed by atoms with Crippen LogP contribution in [0.1, 0.15) is 49.5 Å². The lowest BCUT2D eigenvalue weighted by atomic mass is 9.94. The average Bonchev–Trinajstić information content (AvgIpc) is 2.63. The summed E-state index contributed by atoms with van der Waals surface area (Å²) in [5.41, 5.74) is 1.58. The van der Waals surface area contributed by atoms with Gasteiger partial charge in [-0.1, -0.05) is 31.5 Å². The molecule has 2 rings (SSSR count). The molecule has 0 aliphatic carbocycles. The fraction of sp³-hybridized carbons (Fsp3) is 0.571. The van der Waals surface area contributed by atoms with Crippen LogP contribution in [0.4, 0.5) is 0 Å². The lowest BCUT2D eigenvalue weighted by Gasteiger charge is -2.35. The highest BCUT2D eigenvalue weighted by Gasteiger charge is 2.31. The molecule has 0 bridgehead atoms. The maximum atomic E-state index is 13.0. The zero-order chi connectivity index (χ0) is 20.0. The molecule has 1 saturated heterocycles. The number of aryl methyl sites for hydroxylation is 1. The quantitative estimate of drug-likeness (QED) is 0.802. The Morgan fingerprint density at radius 2 is 1.85 bits per heavy atom. The summed E-state index contributed by atoms with van der Waals surface area (Å²) in [6.07, 6.45) is 1.73. The van der Waals surface area contributed by atoms with Crippen LogP contribution in [0.3, 0.4) is 0 Å². The smallest absolute Gasteiger partial charge is 0.251 e. The van der Waals surface area contributed by atoms with E-state index in [1.165, 1.54) is 6.92 Å². The summed E-state index contributed by atoms with van der Waals surface area (Å²) in [7, 11) is 0. The molecule has 148 valence electrons. The standard InChI is InChI=1S/C21H31N3O3/c1-14(2)19(23-20(26)18-7-5-6-15(3)12-18)21(27)24-10-8-17(9-11-24)13-22-16(4)25/h5-7,12,14,17,19H,8-11,13H2,1-4H3,(H,22,25)(H,23,26)/t19-/m1/s1. The zero-order valence-corrected chi connectivity index (χ0v) is 16.7. The Kier molecular flexibility index (Phi) is 7.39. The molecule has 3 amide bonds. The minimum atomic E-state index is -0.537. The fourth-order valence-corrected chi connectivity index (χ4v) is 3.37. The molecule has 1 aromatic carbocycles. The number of rotatable bonds is 6. The topological polar surface area (TPSA) is 78.5 Å². The van der Waals surface area contributed by atoms with Crippen LogP contribution in [-0.2, 0) is 9.59 Å². The van der Waals surface area contributed by atoms with Gasteiger partial charge in [0.1, 0.15) is 6.04 Å². The maximum Gasteiger partial charge on any atom is 0.251 e. The van der Waals surface area contributed by atoms with Crippen LogP contribution in [0, 0.1) is 18.8 Å². The number of piperidine rings is 1. The van der Waals surface area contributed by atoms with Crippen LogP contribution in [0.25, 0.3) is 0 Å². The molecule has 0 unspecified atom stereocenters. The number of hydrogen-bond acceptors (Lipinski definition) is 3. The third-order valence-electron chi connectivity index (χ3n) is 5.07. The van der Waals surface area contributed by atoms with E-state index in [9.17, 15) is 14.4 Å². The van der Waals surface area contributed by atoms with E-state index in [1.54, 1.807) is 6.07 Å². The Morgan fingerprint density at radius 3 is 2.41 bits per heavy atom. The third-order valence-corrected chi connectivity index (χ3v) is 5.07. The van der Waals surface area contributed by atoms with Crippen LogP contribution < -0.4 is 10.6 Å². The highest BCUT2D eigenvalue weighted by molar-refractivity contribution is 5.97. The minimum Gasteiger partial charge on any atom is -0.356 e. The van der Waals surface area contributed by atoms with Crippen molar-refractivity contribution in [3.8, 4) is 0 Å².